The Morgan fingerprint density at radius 1 is 1.07 bits per heavy atom. The third-order valence-electron chi connectivity index (χ3n) is 4.21. The number of nitrogens with one attached hydrogen (secondary N) is 1. The molecule has 2 aromatic carbocycles. The first-order valence-corrected chi connectivity index (χ1v) is 10.7. The van der Waals surface area contributed by atoms with Crippen molar-refractivity contribution >= 4 is 33.3 Å². The minimum Gasteiger partial charge on any atom is -0.481 e. The van der Waals surface area contributed by atoms with E-state index >= 15 is 0 Å². The quantitative estimate of drug-likeness (QED) is 0.659. The first-order chi connectivity index (χ1) is 13.7. The second-order valence-corrected chi connectivity index (χ2v) is 8.31. The van der Waals surface area contributed by atoms with Crippen LogP contribution >= 0.6 is 0 Å². The number of nitrogens with zero attached hydrogens (tertiary/aromatic N) is 1. The van der Waals surface area contributed by atoms with Crippen molar-refractivity contribution in [1.82, 2.24) is 0 Å². The summed E-state index contributed by atoms with van der Waals surface area (Å²) in [4.78, 5) is 24.0. The van der Waals surface area contributed by atoms with Gasteiger partial charge in [0.15, 0.2) is 6.10 Å². The number of carbonyl (C=O) groups is 2. The molecule has 1 N–H and O–H groups in total. The second-order valence-electron chi connectivity index (χ2n) is 6.30. The van der Waals surface area contributed by atoms with Gasteiger partial charge in [0.1, 0.15) is 5.75 Å². The summed E-state index contributed by atoms with van der Waals surface area (Å²) in [7, 11) is -0.599. The molecule has 156 valence electrons. The van der Waals surface area contributed by atoms with Crippen molar-refractivity contribution in [2.45, 2.75) is 19.4 Å². The van der Waals surface area contributed by atoms with Gasteiger partial charge in [0.25, 0.3) is 5.91 Å². The summed E-state index contributed by atoms with van der Waals surface area (Å²) < 4.78 is 34.7. The van der Waals surface area contributed by atoms with E-state index in [0.717, 1.165) is 10.6 Å². The lowest BCUT2D eigenvalue weighted by Crippen LogP contribution is -2.32. The summed E-state index contributed by atoms with van der Waals surface area (Å²) >= 11 is 0. The second kappa shape index (κ2) is 9.42. The van der Waals surface area contributed by atoms with Crippen LogP contribution < -0.4 is 14.4 Å². The summed E-state index contributed by atoms with van der Waals surface area (Å²) in [6.45, 7) is 1.82. The van der Waals surface area contributed by atoms with E-state index < -0.39 is 22.1 Å². The van der Waals surface area contributed by atoms with Crippen LogP contribution in [0, 0.1) is 0 Å². The molecule has 0 unspecified atom stereocenters. The van der Waals surface area contributed by atoms with Crippen LogP contribution in [-0.2, 0) is 19.6 Å². The van der Waals surface area contributed by atoms with E-state index in [-0.39, 0.29) is 5.91 Å². The van der Waals surface area contributed by atoms with Gasteiger partial charge in [-0.1, -0.05) is 6.92 Å². The van der Waals surface area contributed by atoms with Gasteiger partial charge in [0.2, 0.25) is 10.0 Å². The molecular weight excluding hydrogens is 396 g/mol. The lowest BCUT2D eigenvalue weighted by Gasteiger charge is -2.19. The average molecular weight is 420 g/mol. The molecule has 0 aliphatic heterocycles. The number of ether oxygens (including phenoxy) is 2. The Kier molecular flexibility index (Phi) is 7.22. The van der Waals surface area contributed by atoms with E-state index in [1.165, 1.54) is 14.2 Å². The summed E-state index contributed by atoms with van der Waals surface area (Å²) in [6.07, 6.45) is 0.803. The first kappa shape index (κ1) is 22.2. The molecule has 29 heavy (non-hydrogen) atoms. The molecule has 0 saturated heterocycles. The Labute approximate surface area is 170 Å². The molecule has 2 aromatic rings. The van der Waals surface area contributed by atoms with Crippen LogP contribution in [0.25, 0.3) is 0 Å². The molecule has 0 bridgehead atoms. The van der Waals surface area contributed by atoms with Crippen molar-refractivity contribution in [3.05, 3.63) is 54.1 Å². The molecular formula is C20H24N2O6S. The number of esters is 1. The molecule has 1 amide bonds. The lowest BCUT2D eigenvalue weighted by atomic mass is 10.2. The van der Waals surface area contributed by atoms with Crippen molar-refractivity contribution in [3.8, 4) is 5.75 Å². The average Bonchev–Trinajstić information content (AvgIpc) is 2.71. The monoisotopic (exact) mass is 420 g/mol. The first-order valence-electron chi connectivity index (χ1n) is 8.85. The molecule has 0 spiro atoms. The van der Waals surface area contributed by atoms with Gasteiger partial charge in [-0.05, 0) is 55.0 Å². The van der Waals surface area contributed by atoms with E-state index in [2.05, 4.69) is 10.1 Å². The van der Waals surface area contributed by atoms with Gasteiger partial charge in [0, 0.05) is 12.7 Å². The number of benzene rings is 2. The topological polar surface area (TPSA) is 102 Å². The maximum absolute atomic E-state index is 12.5. The van der Waals surface area contributed by atoms with Gasteiger partial charge in [-0.15, -0.1) is 0 Å². The molecule has 0 aromatic heterocycles. The Bertz CT molecular complexity index is 955. The van der Waals surface area contributed by atoms with Crippen molar-refractivity contribution in [1.29, 1.82) is 0 Å². The summed E-state index contributed by atoms with van der Waals surface area (Å²) in [5, 5.41) is 2.74. The zero-order chi connectivity index (χ0) is 21.6. The van der Waals surface area contributed by atoms with Gasteiger partial charge >= 0.3 is 5.97 Å². The van der Waals surface area contributed by atoms with Crippen LogP contribution in [0.2, 0.25) is 0 Å². The van der Waals surface area contributed by atoms with E-state index in [1.54, 1.807) is 48.5 Å². The molecule has 1 atom stereocenters. The van der Waals surface area contributed by atoms with E-state index in [1.807, 2.05) is 6.92 Å². The molecule has 0 heterocycles. The number of anilines is 2. The Balaban J connectivity index is 2.03. The number of methoxy groups -OCH3 is 1. The summed E-state index contributed by atoms with van der Waals surface area (Å²) in [5.41, 5.74) is 1.39. The van der Waals surface area contributed by atoms with Gasteiger partial charge in [-0.3, -0.25) is 9.10 Å². The van der Waals surface area contributed by atoms with Crippen LogP contribution in [0.5, 0.6) is 5.75 Å². The molecule has 8 nitrogen and oxygen atoms in total. The number of hydrogen-bond acceptors (Lipinski definition) is 6. The summed E-state index contributed by atoms with van der Waals surface area (Å²) in [6, 6.07) is 12.7. The summed E-state index contributed by atoms with van der Waals surface area (Å²) in [5.74, 6) is -0.350. The number of hydrogen-bond donors (Lipinski definition) is 1. The highest BCUT2D eigenvalue weighted by molar-refractivity contribution is 7.92. The van der Waals surface area contributed by atoms with Crippen LogP contribution in [-0.4, -0.2) is 46.8 Å². The van der Waals surface area contributed by atoms with Crippen molar-refractivity contribution in [2.24, 2.45) is 0 Å². The van der Waals surface area contributed by atoms with Crippen LogP contribution in [0.15, 0.2) is 48.5 Å². The zero-order valence-corrected chi connectivity index (χ0v) is 17.5. The van der Waals surface area contributed by atoms with Crippen LogP contribution in [0.3, 0.4) is 0 Å². The number of rotatable bonds is 8. The SMILES string of the molecule is CC[C@@H](Oc1ccc(N(C)S(C)(=O)=O)cc1)C(=O)Nc1ccc(C(=O)OC)cc1. The molecule has 2 rings (SSSR count). The van der Waals surface area contributed by atoms with E-state index in [4.69, 9.17) is 4.74 Å². The zero-order valence-electron chi connectivity index (χ0n) is 16.7. The highest BCUT2D eigenvalue weighted by atomic mass is 32.2. The number of sulfonamides is 1. The van der Waals surface area contributed by atoms with Gasteiger partial charge < -0.3 is 14.8 Å². The Hall–Kier alpha value is -3.07. The van der Waals surface area contributed by atoms with Gasteiger partial charge in [-0.2, -0.15) is 0 Å². The third kappa shape index (κ3) is 5.95. The predicted octanol–water partition coefficient (Wildman–Crippen LogP) is 2.67. The third-order valence-corrected chi connectivity index (χ3v) is 5.42. The van der Waals surface area contributed by atoms with Crippen molar-refractivity contribution < 1.29 is 27.5 Å². The molecule has 0 radical (unpaired) electrons. The minimum absolute atomic E-state index is 0.337. The fourth-order valence-electron chi connectivity index (χ4n) is 2.44. The molecule has 0 fully saturated rings. The lowest BCUT2D eigenvalue weighted by molar-refractivity contribution is -0.122. The highest BCUT2D eigenvalue weighted by Gasteiger charge is 2.19. The molecule has 0 aliphatic rings. The van der Waals surface area contributed by atoms with Gasteiger partial charge in [0.05, 0.1) is 24.6 Å². The van der Waals surface area contributed by atoms with E-state index in [0.29, 0.717) is 29.1 Å². The largest absolute Gasteiger partial charge is 0.481 e. The fourth-order valence-corrected chi connectivity index (χ4v) is 2.95. The normalized spacial score (nSPS) is 12.0. The van der Waals surface area contributed by atoms with Crippen LogP contribution in [0.4, 0.5) is 11.4 Å². The number of carbonyl (C=O) groups excluding carboxylic acids is 2. The highest BCUT2D eigenvalue weighted by Crippen LogP contribution is 2.22. The van der Waals surface area contributed by atoms with Gasteiger partial charge in [-0.25, -0.2) is 13.2 Å². The number of amides is 1. The standard InChI is InChI=1S/C20H24N2O6S/c1-5-18(19(23)21-15-8-6-14(7-9-15)20(24)27-3)28-17-12-10-16(11-13-17)22(2)29(4,25)26/h6-13,18H,5H2,1-4H3,(H,21,23)/t18-/m1/s1. The fraction of sp³-hybridized carbons (Fsp3) is 0.300. The van der Waals surface area contributed by atoms with E-state index in [9.17, 15) is 18.0 Å². The Morgan fingerprint density at radius 2 is 1.66 bits per heavy atom. The van der Waals surface area contributed by atoms with Crippen molar-refractivity contribution in [2.75, 3.05) is 30.0 Å². The maximum atomic E-state index is 12.5. The maximum Gasteiger partial charge on any atom is 0.337 e. The molecule has 0 saturated carbocycles. The van der Waals surface area contributed by atoms with Crippen molar-refractivity contribution in [3.63, 3.8) is 0 Å². The minimum atomic E-state index is -3.36. The molecule has 9 heteroatoms. The predicted molar refractivity (Wildman–Crippen MR) is 111 cm³/mol. The van der Waals surface area contributed by atoms with Crippen LogP contribution in [0.1, 0.15) is 23.7 Å². The smallest absolute Gasteiger partial charge is 0.337 e. The Morgan fingerprint density at radius 3 is 2.14 bits per heavy atom. The molecule has 0 aliphatic carbocycles.